The zero-order valence-corrected chi connectivity index (χ0v) is 10.5. The van der Waals surface area contributed by atoms with Gasteiger partial charge in [-0.15, -0.1) is 0 Å². The van der Waals surface area contributed by atoms with E-state index < -0.39 is 5.97 Å². The molecular weight excluding hydrogens is 218 g/mol. The number of aliphatic carboxylic acids is 1. The molecule has 1 atom stereocenters. The van der Waals surface area contributed by atoms with Crippen LogP contribution < -0.4 is 10.6 Å². The average Bonchev–Trinajstić information content (AvgIpc) is 2.69. The Morgan fingerprint density at radius 1 is 1.59 bits per heavy atom. The van der Waals surface area contributed by atoms with Crippen LogP contribution in [0.1, 0.15) is 19.8 Å². The summed E-state index contributed by atoms with van der Waals surface area (Å²) >= 11 is 0. The number of hydrogen-bond acceptors (Lipinski definition) is 4. The number of carboxylic acids is 1. The van der Waals surface area contributed by atoms with Crippen molar-refractivity contribution in [3.63, 3.8) is 0 Å². The molecule has 0 aromatic carbocycles. The van der Waals surface area contributed by atoms with Crippen molar-refractivity contribution in [1.82, 2.24) is 15.5 Å². The third-order valence-electron chi connectivity index (χ3n) is 4.00. The molecule has 0 saturated carbocycles. The van der Waals surface area contributed by atoms with Crippen LogP contribution in [0.2, 0.25) is 0 Å². The van der Waals surface area contributed by atoms with Crippen molar-refractivity contribution < 1.29 is 9.90 Å². The van der Waals surface area contributed by atoms with Crippen LogP contribution >= 0.6 is 0 Å². The molecule has 0 aliphatic carbocycles. The second-order valence-corrected chi connectivity index (χ2v) is 5.38. The summed E-state index contributed by atoms with van der Waals surface area (Å²) in [5.74, 6) is -0.0261. The Morgan fingerprint density at radius 2 is 2.35 bits per heavy atom. The van der Waals surface area contributed by atoms with Crippen LogP contribution in [0.3, 0.4) is 0 Å². The third-order valence-corrected chi connectivity index (χ3v) is 4.00. The normalized spacial score (nSPS) is 27.9. The Morgan fingerprint density at radius 3 is 2.82 bits per heavy atom. The molecule has 2 aliphatic rings. The Kier molecular flexibility index (Phi) is 4.01. The smallest absolute Gasteiger partial charge is 0.305 e. The lowest BCUT2D eigenvalue weighted by Gasteiger charge is -2.43. The molecule has 17 heavy (non-hydrogen) atoms. The molecule has 0 aromatic rings. The zero-order chi connectivity index (χ0) is 12.3. The molecule has 5 heteroatoms. The Labute approximate surface area is 103 Å². The molecule has 2 saturated heterocycles. The lowest BCUT2D eigenvalue weighted by molar-refractivity contribution is -0.139. The van der Waals surface area contributed by atoms with Gasteiger partial charge in [0.15, 0.2) is 0 Å². The summed E-state index contributed by atoms with van der Waals surface area (Å²) in [6.07, 6.45) is 1.46. The summed E-state index contributed by atoms with van der Waals surface area (Å²) < 4.78 is 0. The van der Waals surface area contributed by atoms with Gasteiger partial charge in [0, 0.05) is 19.6 Å². The van der Waals surface area contributed by atoms with Gasteiger partial charge in [0.1, 0.15) is 0 Å². The number of carbonyl (C=O) groups is 1. The Balaban J connectivity index is 1.75. The first-order valence-electron chi connectivity index (χ1n) is 6.53. The van der Waals surface area contributed by atoms with Crippen LogP contribution in [-0.4, -0.2) is 60.8 Å². The SMILES string of the molecule is CCN1CCC(CNC2(CC(=O)O)CNC2)C1. The summed E-state index contributed by atoms with van der Waals surface area (Å²) in [4.78, 5) is 13.3. The minimum atomic E-state index is -0.708. The van der Waals surface area contributed by atoms with Gasteiger partial charge in [-0.2, -0.15) is 0 Å². The second-order valence-electron chi connectivity index (χ2n) is 5.38. The van der Waals surface area contributed by atoms with Gasteiger partial charge in [0.2, 0.25) is 0 Å². The number of rotatable bonds is 6. The van der Waals surface area contributed by atoms with Gasteiger partial charge in [-0.1, -0.05) is 6.92 Å². The lowest BCUT2D eigenvalue weighted by atomic mass is 9.88. The maximum Gasteiger partial charge on any atom is 0.305 e. The highest BCUT2D eigenvalue weighted by Crippen LogP contribution is 2.19. The molecular formula is C12H23N3O2. The molecule has 0 bridgehead atoms. The van der Waals surface area contributed by atoms with Gasteiger partial charge in [-0.25, -0.2) is 0 Å². The van der Waals surface area contributed by atoms with Gasteiger partial charge in [-0.05, 0) is 32.0 Å². The van der Waals surface area contributed by atoms with Gasteiger partial charge in [0.25, 0.3) is 0 Å². The molecule has 2 fully saturated rings. The van der Waals surface area contributed by atoms with Gasteiger partial charge < -0.3 is 20.6 Å². The summed E-state index contributed by atoms with van der Waals surface area (Å²) in [7, 11) is 0. The maximum atomic E-state index is 10.8. The molecule has 98 valence electrons. The van der Waals surface area contributed by atoms with E-state index in [1.807, 2.05) is 0 Å². The molecule has 0 spiro atoms. The highest BCUT2D eigenvalue weighted by atomic mass is 16.4. The number of nitrogens with zero attached hydrogens (tertiary/aromatic N) is 1. The predicted octanol–water partition coefficient (Wildman–Crippen LogP) is -0.265. The zero-order valence-electron chi connectivity index (χ0n) is 10.5. The molecule has 1 unspecified atom stereocenters. The van der Waals surface area contributed by atoms with Gasteiger partial charge in [-0.3, -0.25) is 4.79 Å². The van der Waals surface area contributed by atoms with Crippen molar-refractivity contribution in [2.24, 2.45) is 5.92 Å². The number of carboxylic acid groups (broad SMARTS) is 1. The van der Waals surface area contributed by atoms with Gasteiger partial charge in [0.05, 0.1) is 12.0 Å². The molecule has 2 rings (SSSR count). The van der Waals surface area contributed by atoms with Gasteiger partial charge >= 0.3 is 5.97 Å². The quantitative estimate of drug-likeness (QED) is 0.598. The molecule has 0 aromatic heterocycles. The summed E-state index contributed by atoms with van der Waals surface area (Å²) in [5, 5.41) is 15.6. The minimum Gasteiger partial charge on any atom is -0.481 e. The van der Waals surface area contributed by atoms with Crippen LogP contribution in [0.4, 0.5) is 0 Å². The van der Waals surface area contributed by atoms with E-state index in [1.165, 1.54) is 13.0 Å². The monoisotopic (exact) mass is 241 g/mol. The fourth-order valence-electron chi connectivity index (χ4n) is 2.76. The van der Waals surface area contributed by atoms with Crippen molar-refractivity contribution in [3.8, 4) is 0 Å². The van der Waals surface area contributed by atoms with E-state index in [-0.39, 0.29) is 12.0 Å². The predicted molar refractivity (Wildman–Crippen MR) is 66.1 cm³/mol. The van der Waals surface area contributed by atoms with Crippen molar-refractivity contribution in [2.45, 2.75) is 25.3 Å². The van der Waals surface area contributed by atoms with E-state index in [9.17, 15) is 4.79 Å². The van der Waals surface area contributed by atoms with E-state index in [1.54, 1.807) is 0 Å². The van der Waals surface area contributed by atoms with Crippen LogP contribution in [0, 0.1) is 5.92 Å². The van der Waals surface area contributed by atoms with Crippen LogP contribution in [0.5, 0.6) is 0 Å². The van der Waals surface area contributed by atoms with Crippen molar-refractivity contribution in [3.05, 3.63) is 0 Å². The fourth-order valence-corrected chi connectivity index (χ4v) is 2.76. The number of nitrogens with one attached hydrogen (secondary N) is 2. The molecule has 0 radical (unpaired) electrons. The van der Waals surface area contributed by atoms with E-state index in [0.717, 1.165) is 32.7 Å². The maximum absolute atomic E-state index is 10.8. The first-order chi connectivity index (χ1) is 8.13. The van der Waals surface area contributed by atoms with Crippen LogP contribution in [0.15, 0.2) is 0 Å². The third kappa shape index (κ3) is 3.18. The standard InChI is InChI=1S/C12H23N3O2/c1-2-15-4-3-10(7-15)6-14-12(5-11(16)17)8-13-9-12/h10,13-14H,2-9H2,1H3,(H,16,17). The van der Waals surface area contributed by atoms with Crippen molar-refractivity contribution in [1.29, 1.82) is 0 Å². The van der Waals surface area contributed by atoms with Crippen molar-refractivity contribution in [2.75, 3.05) is 39.3 Å². The van der Waals surface area contributed by atoms with Crippen molar-refractivity contribution >= 4 is 5.97 Å². The average molecular weight is 241 g/mol. The highest BCUT2D eigenvalue weighted by molar-refractivity contribution is 5.68. The largest absolute Gasteiger partial charge is 0.481 e. The second kappa shape index (κ2) is 5.33. The Bertz CT molecular complexity index is 279. The van der Waals surface area contributed by atoms with E-state index in [0.29, 0.717) is 5.92 Å². The molecule has 3 N–H and O–H groups in total. The number of likely N-dealkylation sites (tertiary alicyclic amines) is 1. The van der Waals surface area contributed by atoms with E-state index >= 15 is 0 Å². The first kappa shape index (κ1) is 12.8. The van der Waals surface area contributed by atoms with E-state index in [2.05, 4.69) is 22.5 Å². The fraction of sp³-hybridized carbons (Fsp3) is 0.917. The molecule has 2 aliphatic heterocycles. The highest BCUT2D eigenvalue weighted by Gasteiger charge is 2.39. The molecule has 5 nitrogen and oxygen atoms in total. The summed E-state index contributed by atoms with van der Waals surface area (Å²) in [6, 6.07) is 0. The Hall–Kier alpha value is -0.650. The molecule has 2 heterocycles. The molecule has 0 amide bonds. The summed E-state index contributed by atoms with van der Waals surface area (Å²) in [5.41, 5.74) is -0.189. The minimum absolute atomic E-state index is 0.189. The lowest BCUT2D eigenvalue weighted by Crippen LogP contribution is -2.69. The summed E-state index contributed by atoms with van der Waals surface area (Å²) in [6.45, 7) is 8.17. The van der Waals surface area contributed by atoms with Crippen LogP contribution in [0.25, 0.3) is 0 Å². The van der Waals surface area contributed by atoms with Crippen LogP contribution in [-0.2, 0) is 4.79 Å². The van der Waals surface area contributed by atoms with E-state index in [4.69, 9.17) is 5.11 Å². The first-order valence-corrected chi connectivity index (χ1v) is 6.53. The number of hydrogen-bond donors (Lipinski definition) is 3. The topological polar surface area (TPSA) is 64.6 Å².